The molecule has 5 nitrogen and oxygen atoms in total. The molecule has 0 radical (unpaired) electrons. The molecule has 2 heterocycles. The average molecular weight is 424 g/mol. The number of carbonyl (C=O) groups excluding carboxylic acids is 1. The van der Waals surface area contributed by atoms with Gasteiger partial charge in [-0.25, -0.2) is 4.39 Å². The van der Waals surface area contributed by atoms with Crippen LogP contribution in [0.1, 0.15) is 11.1 Å². The molecule has 0 atom stereocenters. The van der Waals surface area contributed by atoms with Crippen LogP contribution in [-0.4, -0.2) is 15.0 Å². The molecular formula is C23H19ClFN3O2. The Morgan fingerprint density at radius 2 is 1.77 bits per heavy atom. The second kappa shape index (κ2) is 8.55. The molecule has 1 amide bonds. The van der Waals surface area contributed by atoms with Crippen molar-refractivity contribution in [2.75, 3.05) is 0 Å². The number of rotatable bonds is 6. The van der Waals surface area contributed by atoms with Crippen molar-refractivity contribution in [1.29, 1.82) is 0 Å². The maximum absolute atomic E-state index is 13.5. The molecular weight excluding hydrogens is 405 g/mol. The van der Waals surface area contributed by atoms with Crippen LogP contribution < -0.4 is 10.9 Å². The van der Waals surface area contributed by atoms with Crippen LogP contribution in [-0.2, 0) is 24.4 Å². The number of halogens is 2. The molecule has 4 aromatic rings. The molecule has 2 aromatic carbocycles. The van der Waals surface area contributed by atoms with E-state index in [1.807, 2.05) is 24.3 Å². The van der Waals surface area contributed by atoms with E-state index in [4.69, 9.17) is 11.6 Å². The molecule has 0 aliphatic carbocycles. The van der Waals surface area contributed by atoms with Gasteiger partial charge in [0.1, 0.15) is 17.9 Å². The van der Waals surface area contributed by atoms with E-state index in [9.17, 15) is 14.0 Å². The lowest BCUT2D eigenvalue weighted by molar-refractivity contribution is -0.121. The molecule has 0 saturated carbocycles. The number of hydrogen-bond donors (Lipinski definition) is 1. The summed E-state index contributed by atoms with van der Waals surface area (Å²) in [5.41, 5.74) is 1.75. The minimum atomic E-state index is -0.323. The van der Waals surface area contributed by atoms with Crippen molar-refractivity contribution >= 4 is 28.4 Å². The molecule has 2 aromatic heterocycles. The quantitative estimate of drug-likeness (QED) is 0.510. The Kier molecular flexibility index (Phi) is 5.68. The second-order valence-electron chi connectivity index (χ2n) is 6.99. The lowest BCUT2D eigenvalue weighted by atomic mass is 10.2. The van der Waals surface area contributed by atoms with Crippen LogP contribution >= 0.6 is 11.6 Å². The van der Waals surface area contributed by atoms with Crippen LogP contribution in [0.3, 0.4) is 0 Å². The molecule has 1 N–H and O–H groups in total. The SMILES string of the molecule is O=C(Cn1ccc2ccn(Cc3cccc(F)c3)c2c1=O)NCc1ccccc1Cl. The van der Waals surface area contributed by atoms with Crippen molar-refractivity contribution in [1.82, 2.24) is 14.5 Å². The number of hydrogen-bond acceptors (Lipinski definition) is 2. The predicted octanol–water partition coefficient (Wildman–Crippen LogP) is 3.96. The van der Waals surface area contributed by atoms with Gasteiger partial charge in [0.25, 0.3) is 5.56 Å². The third-order valence-corrected chi connectivity index (χ3v) is 5.25. The lowest BCUT2D eigenvalue weighted by Crippen LogP contribution is -2.32. The van der Waals surface area contributed by atoms with Crippen molar-refractivity contribution in [3.05, 3.63) is 105 Å². The minimum absolute atomic E-state index is 0.107. The molecule has 0 fully saturated rings. The van der Waals surface area contributed by atoms with E-state index in [0.717, 1.165) is 16.5 Å². The molecule has 0 bridgehead atoms. The number of nitrogens with one attached hydrogen (secondary N) is 1. The highest BCUT2D eigenvalue weighted by molar-refractivity contribution is 6.31. The summed E-state index contributed by atoms with van der Waals surface area (Å²) in [6.45, 7) is 0.537. The largest absolute Gasteiger partial charge is 0.350 e. The van der Waals surface area contributed by atoms with Gasteiger partial charge in [-0.3, -0.25) is 9.59 Å². The van der Waals surface area contributed by atoms with Crippen LogP contribution in [0.4, 0.5) is 4.39 Å². The number of nitrogens with zero attached hydrogens (tertiary/aromatic N) is 2. The van der Waals surface area contributed by atoms with E-state index >= 15 is 0 Å². The topological polar surface area (TPSA) is 56.0 Å². The Balaban J connectivity index is 1.53. The summed E-state index contributed by atoms with van der Waals surface area (Å²) in [5.74, 6) is -0.615. The zero-order valence-corrected chi connectivity index (χ0v) is 16.8. The van der Waals surface area contributed by atoms with Gasteiger partial charge >= 0.3 is 0 Å². The summed E-state index contributed by atoms with van der Waals surface area (Å²) in [7, 11) is 0. The molecule has 0 aliphatic rings. The van der Waals surface area contributed by atoms with Crippen molar-refractivity contribution in [2.45, 2.75) is 19.6 Å². The highest BCUT2D eigenvalue weighted by atomic mass is 35.5. The standard InChI is InChI=1S/C23H19ClFN3O2/c24-20-7-2-1-5-18(20)13-26-21(29)15-28-11-9-17-8-10-27(22(17)23(28)30)14-16-4-3-6-19(25)12-16/h1-12H,13-15H2,(H,26,29). The van der Waals surface area contributed by atoms with Gasteiger partial charge < -0.3 is 14.5 Å². The number of amides is 1. The summed E-state index contributed by atoms with van der Waals surface area (Å²) in [4.78, 5) is 25.4. The van der Waals surface area contributed by atoms with E-state index < -0.39 is 0 Å². The van der Waals surface area contributed by atoms with Gasteiger partial charge in [-0.05, 0) is 41.5 Å². The fourth-order valence-corrected chi connectivity index (χ4v) is 3.58. The number of benzene rings is 2. The molecule has 7 heteroatoms. The first-order valence-corrected chi connectivity index (χ1v) is 9.82. The third-order valence-electron chi connectivity index (χ3n) is 4.88. The minimum Gasteiger partial charge on any atom is -0.350 e. The van der Waals surface area contributed by atoms with Crippen LogP contribution in [0.2, 0.25) is 5.02 Å². The zero-order chi connectivity index (χ0) is 21.1. The van der Waals surface area contributed by atoms with Gasteiger partial charge in [-0.15, -0.1) is 0 Å². The zero-order valence-electron chi connectivity index (χ0n) is 16.0. The van der Waals surface area contributed by atoms with Crippen LogP contribution in [0, 0.1) is 5.82 Å². The third kappa shape index (κ3) is 4.28. The highest BCUT2D eigenvalue weighted by Gasteiger charge is 2.12. The van der Waals surface area contributed by atoms with Gasteiger partial charge in [-0.2, -0.15) is 0 Å². The van der Waals surface area contributed by atoms with Gasteiger partial charge in [0.05, 0.1) is 0 Å². The van der Waals surface area contributed by atoms with Crippen molar-refractivity contribution < 1.29 is 9.18 Å². The maximum Gasteiger partial charge on any atom is 0.275 e. The molecule has 4 rings (SSSR count). The summed E-state index contributed by atoms with van der Waals surface area (Å²) in [6, 6.07) is 17.1. The Labute approximate surface area is 177 Å². The van der Waals surface area contributed by atoms with Gasteiger partial charge in [0.2, 0.25) is 5.91 Å². The predicted molar refractivity (Wildman–Crippen MR) is 115 cm³/mol. The van der Waals surface area contributed by atoms with E-state index in [1.54, 1.807) is 41.2 Å². The summed E-state index contributed by atoms with van der Waals surface area (Å²) in [5, 5.41) is 4.13. The Morgan fingerprint density at radius 3 is 2.53 bits per heavy atom. The van der Waals surface area contributed by atoms with Crippen LogP contribution in [0.15, 0.2) is 77.9 Å². The summed E-state index contributed by atoms with van der Waals surface area (Å²) >= 11 is 6.11. The van der Waals surface area contributed by atoms with Gasteiger partial charge in [0, 0.05) is 35.9 Å². The fraction of sp³-hybridized carbons (Fsp3) is 0.130. The van der Waals surface area contributed by atoms with E-state index in [0.29, 0.717) is 17.1 Å². The average Bonchev–Trinajstić information content (AvgIpc) is 3.13. The van der Waals surface area contributed by atoms with Crippen molar-refractivity contribution in [3.8, 4) is 0 Å². The molecule has 0 aliphatic heterocycles. The Hall–Kier alpha value is -3.38. The van der Waals surface area contributed by atoms with E-state index in [-0.39, 0.29) is 30.4 Å². The lowest BCUT2D eigenvalue weighted by Gasteiger charge is -2.10. The Bertz CT molecular complexity index is 1280. The highest BCUT2D eigenvalue weighted by Crippen LogP contribution is 2.15. The number of carbonyl (C=O) groups is 1. The number of aromatic nitrogens is 2. The first-order chi connectivity index (χ1) is 14.5. The second-order valence-corrected chi connectivity index (χ2v) is 7.40. The fourth-order valence-electron chi connectivity index (χ4n) is 3.38. The number of pyridine rings is 1. The smallest absolute Gasteiger partial charge is 0.275 e. The van der Waals surface area contributed by atoms with Crippen molar-refractivity contribution in [3.63, 3.8) is 0 Å². The van der Waals surface area contributed by atoms with Gasteiger partial charge in [-0.1, -0.05) is 41.9 Å². The first kappa shape index (κ1) is 19.9. The maximum atomic E-state index is 13.5. The van der Waals surface area contributed by atoms with Crippen molar-refractivity contribution in [2.24, 2.45) is 0 Å². The number of fused-ring (bicyclic) bond motifs is 1. The van der Waals surface area contributed by atoms with Crippen LogP contribution in [0.25, 0.3) is 10.9 Å². The van der Waals surface area contributed by atoms with Gasteiger partial charge in [0.15, 0.2) is 0 Å². The molecule has 152 valence electrons. The normalized spacial score (nSPS) is 11.0. The first-order valence-electron chi connectivity index (χ1n) is 9.44. The van der Waals surface area contributed by atoms with Crippen LogP contribution in [0.5, 0.6) is 0 Å². The van der Waals surface area contributed by atoms with E-state index in [1.165, 1.54) is 16.7 Å². The molecule has 30 heavy (non-hydrogen) atoms. The Morgan fingerprint density at radius 1 is 1.00 bits per heavy atom. The molecule has 0 spiro atoms. The molecule has 0 saturated heterocycles. The monoisotopic (exact) mass is 423 g/mol. The molecule has 0 unspecified atom stereocenters. The summed E-state index contributed by atoms with van der Waals surface area (Å²) in [6.07, 6.45) is 3.39. The summed E-state index contributed by atoms with van der Waals surface area (Å²) < 4.78 is 16.6. The van der Waals surface area contributed by atoms with E-state index in [2.05, 4.69) is 5.32 Å².